The monoisotopic (exact) mass is 199 g/mol. The summed E-state index contributed by atoms with van der Waals surface area (Å²) >= 11 is 0. The van der Waals surface area contributed by atoms with Gasteiger partial charge in [-0.3, -0.25) is 0 Å². The van der Waals surface area contributed by atoms with Gasteiger partial charge in [0.2, 0.25) is 0 Å². The largest absolute Gasteiger partial charge is 0.376 e. The fraction of sp³-hybridized carbons (Fsp3) is 1.00. The lowest BCUT2D eigenvalue weighted by Gasteiger charge is -2.33. The standard InChI is InChI=1S/C11H21NO2/c1-12-10-5-3-2-4-6-11(10)14-9-7-13-8-9/h9-12H,2-8H2,1H3. The van der Waals surface area contributed by atoms with E-state index < -0.39 is 0 Å². The third-order valence-electron chi connectivity index (χ3n) is 3.30. The van der Waals surface area contributed by atoms with E-state index in [1.165, 1.54) is 32.1 Å². The van der Waals surface area contributed by atoms with Gasteiger partial charge in [-0.1, -0.05) is 19.3 Å². The van der Waals surface area contributed by atoms with E-state index in [0.717, 1.165) is 13.2 Å². The maximum absolute atomic E-state index is 6.02. The van der Waals surface area contributed by atoms with Gasteiger partial charge in [-0.15, -0.1) is 0 Å². The molecule has 82 valence electrons. The molecule has 0 bridgehead atoms. The van der Waals surface area contributed by atoms with Gasteiger partial charge in [-0.25, -0.2) is 0 Å². The van der Waals surface area contributed by atoms with Crippen LogP contribution in [0.15, 0.2) is 0 Å². The highest BCUT2D eigenvalue weighted by molar-refractivity contribution is 4.81. The van der Waals surface area contributed by atoms with Crippen LogP contribution in [0, 0.1) is 0 Å². The highest BCUT2D eigenvalue weighted by atomic mass is 16.6. The second kappa shape index (κ2) is 5.10. The number of ether oxygens (including phenoxy) is 2. The van der Waals surface area contributed by atoms with E-state index in [9.17, 15) is 0 Å². The van der Waals surface area contributed by atoms with Crippen molar-refractivity contribution < 1.29 is 9.47 Å². The zero-order valence-corrected chi connectivity index (χ0v) is 9.00. The van der Waals surface area contributed by atoms with Crippen LogP contribution >= 0.6 is 0 Å². The highest BCUT2D eigenvalue weighted by Gasteiger charge is 2.28. The van der Waals surface area contributed by atoms with Crippen molar-refractivity contribution in [2.45, 2.75) is 50.4 Å². The molecule has 0 aromatic carbocycles. The van der Waals surface area contributed by atoms with Gasteiger partial charge in [0.05, 0.1) is 19.3 Å². The van der Waals surface area contributed by atoms with E-state index in [1.54, 1.807) is 0 Å². The van der Waals surface area contributed by atoms with Crippen LogP contribution in [0.25, 0.3) is 0 Å². The molecule has 3 heteroatoms. The Kier molecular flexibility index (Phi) is 3.79. The molecule has 1 saturated carbocycles. The molecule has 0 radical (unpaired) electrons. The normalized spacial score (nSPS) is 34.9. The number of hydrogen-bond donors (Lipinski definition) is 1. The molecule has 1 saturated heterocycles. The first-order valence-corrected chi connectivity index (χ1v) is 5.80. The van der Waals surface area contributed by atoms with E-state index in [-0.39, 0.29) is 0 Å². The predicted molar refractivity (Wildman–Crippen MR) is 55.4 cm³/mol. The summed E-state index contributed by atoms with van der Waals surface area (Å²) < 4.78 is 11.2. The predicted octanol–water partition coefficient (Wildman–Crippen LogP) is 1.32. The summed E-state index contributed by atoms with van der Waals surface area (Å²) in [5.41, 5.74) is 0. The van der Waals surface area contributed by atoms with Crippen molar-refractivity contribution in [2.24, 2.45) is 0 Å². The molecular formula is C11H21NO2. The summed E-state index contributed by atoms with van der Waals surface area (Å²) in [5.74, 6) is 0. The lowest BCUT2D eigenvalue weighted by atomic mass is 10.1. The molecule has 0 aromatic rings. The van der Waals surface area contributed by atoms with Gasteiger partial charge in [0.1, 0.15) is 6.10 Å². The lowest BCUT2D eigenvalue weighted by Crippen LogP contribution is -2.46. The van der Waals surface area contributed by atoms with Crippen molar-refractivity contribution in [3.05, 3.63) is 0 Å². The van der Waals surface area contributed by atoms with Crippen LogP contribution < -0.4 is 5.32 Å². The molecule has 0 amide bonds. The number of hydrogen-bond acceptors (Lipinski definition) is 3. The van der Waals surface area contributed by atoms with Crippen molar-refractivity contribution in [2.75, 3.05) is 20.3 Å². The van der Waals surface area contributed by atoms with Crippen LogP contribution in [0.2, 0.25) is 0 Å². The summed E-state index contributed by atoms with van der Waals surface area (Å²) in [7, 11) is 2.05. The van der Waals surface area contributed by atoms with Gasteiger partial charge < -0.3 is 14.8 Å². The Bertz CT molecular complexity index is 171. The van der Waals surface area contributed by atoms with E-state index in [1.807, 2.05) is 7.05 Å². The average Bonchev–Trinajstić information content (AvgIpc) is 2.35. The number of rotatable bonds is 3. The molecule has 0 spiro atoms. The minimum atomic E-state index is 0.369. The van der Waals surface area contributed by atoms with Crippen LogP contribution in [0.5, 0.6) is 0 Å². The Morgan fingerprint density at radius 3 is 2.57 bits per heavy atom. The van der Waals surface area contributed by atoms with Crippen LogP contribution in [0.4, 0.5) is 0 Å². The molecule has 3 nitrogen and oxygen atoms in total. The molecule has 1 aliphatic carbocycles. The fourth-order valence-corrected chi connectivity index (χ4v) is 2.31. The summed E-state index contributed by atoms with van der Waals surface area (Å²) in [6.07, 6.45) is 7.27. The minimum absolute atomic E-state index is 0.369. The van der Waals surface area contributed by atoms with Gasteiger partial charge in [-0.05, 0) is 19.9 Å². The van der Waals surface area contributed by atoms with Gasteiger partial charge in [-0.2, -0.15) is 0 Å². The molecule has 1 aliphatic heterocycles. The van der Waals surface area contributed by atoms with Crippen LogP contribution in [-0.4, -0.2) is 38.5 Å². The van der Waals surface area contributed by atoms with Gasteiger partial charge in [0, 0.05) is 6.04 Å². The average molecular weight is 199 g/mol. The molecule has 14 heavy (non-hydrogen) atoms. The Morgan fingerprint density at radius 1 is 1.14 bits per heavy atom. The van der Waals surface area contributed by atoms with Gasteiger partial charge >= 0.3 is 0 Å². The molecule has 1 N–H and O–H groups in total. The van der Waals surface area contributed by atoms with E-state index >= 15 is 0 Å². The van der Waals surface area contributed by atoms with Crippen LogP contribution in [0.3, 0.4) is 0 Å². The Hall–Kier alpha value is -0.120. The van der Waals surface area contributed by atoms with E-state index in [2.05, 4.69) is 5.32 Å². The molecule has 2 atom stereocenters. The Labute approximate surface area is 86.2 Å². The smallest absolute Gasteiger partial charge is 0.105 e. The highest BCUT2D eigenvalue weighted by Crippen LogP contribution is 2.23. The van der Waals surface area contributed by atoms with Crippen molar-refractivity contribution in [1.29, 1.82) is 0 Å². The molecule has 2 fully saturated rings. The summed E-state index contributed by atoms with van der Waals surface area (Å²) in [4.78, 5) is 0. The first kappa shape index (κ1) is 10.4. The Balaban J connectivity index is 1.83. The second-order valence-electron chi connectivity index (χ2n) is 4.37. The van der Waals surface area contributed by atoms with Crippen molar-refractivity contribution in [3.63, 3.8) is 0 Å². The van der Waals surface area contributed by atoms with Crippen molar-refractivity contribution in [1.82, 2.24) is 5.32 Å². The van der Waals surface area contributed by atoms with Gasteiger partial charge in [0.15, 0.2) is 0 Å². The zero-order valence-electron chi connectivity index (χ0n) is 9.00. The first-order valence-electron chi connectivity index (χ1n) is 5.80. The zero-order chi connectivity index (χ0) is 9.80. The quantitative estimate of drug-likeness (QED) is 0.695. The Morgan fingerprint density at radius 2 is 1.93 bits per heavy atom. The third kappa shape index (κ3) is 2.47. The minimum Gasteiger partial charge on any atom is -0.376 e. The summed E-state index contributed by atoms with van der Waals surface area (Å²) in [6, 6.07) is 0.554. The van der Waals surface area contributed by atoms with Crippen molar-refractivity contribution in [3.8, 4) is 0 Å². The summed E-state index contributed by atoms with van der Waals surface area (Å²) in [6.45, 7) is 1.60. The molecule has 2 unspecified atom stereocenters. The van der Waals surface area contributed by atoms with Crippen LogP contribution in [0.1, 0.15) is 32.1 Å². The fourth-order valence-electron chi connectivity index (χ4n) is 2.31. The SMILES string of the molecule is CNC1CCCCCC1OC1COC1. The topological polar surface area (TPSA) is 30.5 Å². The third-order valence-corrected chi connectivity index (χ3v) is 3.30. The number of likely N-dealkylation sites (N-methyl/N-ethyl adjacent to an activating group) is 1. The lowest BCUT2D eigenvalue weighted by molar-refractivity contribution is -0.161. The second-order valence-corrected chi connectivity index (χ2v) is 4.37. The molecular weight excluding hydrogens is 178 g/mol. The van der Waals surface area contributed by atoms with E-state index in [4.69, 9.17) is 9.47 Å². The first-order chi connectivity index (χ1) is 6.90. The van der Waals surface area contributed by atoms with Crippen LogP contribution in [-0.2, 0) is 9.47 Å². The molecule has 0 aromatic heterocycles. The molecule has 2 aliphatic rings. The molecule has 1 heterocycles. The maximum atomic E-state index is 6.02. The maximum Gasteiger partial charge on any atom is 0.105 e. The van der Waals surface area contributed by atoms with Crippen molar-refractivity contribution >= 4 is 0 Å². The number of nitrogens with one attached hydrogen (secondary N) is 1. The molecule has 2 rings (SSSR count). The van der Waals surface area contributed by atoms with Gasteiger partial charge in [0.25, 0.3) is 0 Å². The van der Waals surface area contributed by atoms with E-state index in [0.29, 0.717) is 18.2 Å². The summed E-state index contributed by atoms with van der Waals surface area (Å²) in [5, 5.41) is 3.38.